The second-order valence-electron chi connectivity index (χ2n) is 4.70. The van der Waals surface area contributed by atoms with Gasteiger partial charge in [0, 0.05) is 19.0 Å². The van der Waals surface area contributed by atoms with Gasteiger partial charge in [0.05, 0.1) is 12.7 Å². The molecule has 0 aromatic carbocycles. The Kier molecular flexibility index (Phi) is 5.70. The summed E-state index contributed by atoms with van der Waals surface area (Å²) in [6.45, 7) is 7.24. The van der Waals surface area contributed by atoms with Crippen LogP contribution in [-0.4, -0.2) is 47.7 Å². The van der Waals surface area contributed by atoms with Gasteiger partial charge in [0.15, 0.2) is 5.03 Å². The van der Waals surface area contributed by atoms with Crippen molar-refractivity contribution < 1.29 is 13.2 Å². The van der Waals surface area contributed by atoms with Crippen LogP contribution in [0.15, 0.2) is 11.2 Å². The van der Waals surface area contributed by atoms with Gasteiger partial charge in [-0.15, -0.1) is 0 Å². The third kappa shape index (κ3) is 4.04. The smallest absolute Gasteiger partial charge is 0.260 e. The van der Waals surface area contributed by atoms with Crippen LogP contribution in [0.5, 0.6) is 0 Å². The van der Waals surface area contributed by atoms with Crippen molar-refractivity contribution in [1.29, 1.82) is 0 Å². The maximum atomic E-state index is 12.4. The molecule has 0 spiro atoms. The largest absolute Gasteiger partial charge is 0.353 e. The minimum absolute atomic E-state index is 0.0218. The predicted molar refractivity (Wildman–Crippen MR) is 75.7 cm³/mol. The van der Waals surface area contributed by atoms with E-state index in [4.69, 9.17) is 0 Å². The minimum atomic E-state index is -3.72. The van der Waals surface area contributed by atoms with Crippen molar-refractivity contribution in [2.24, 2.45) is 0 Å². The van der Waals surface area contributed by atoms with Gasteiger partial charge in [-0.3, -0.25) is 4.79 Å². The second-order valence-corrected chi connectivity index (χ2v) is 6.61. The summed E-state index contributed by atoms with van der Waals surface area (Å²) in [6, 6.07) is -0.0252. The van der Waals surface area contributed by atoms with E-state index in [1.807, 2.05) is 20.8 Å². The lowest BCUT2D eigenvalue weighted by molar-refractivity contribution is -0.121. The topological polar surface area (TPSA) is 95.2 Å². The van der Waals surface area contributed by atoms with Crippen LogP contribution in [0.3, 0.4) is 0 Å². The van der Waals surface area contributed by atoms with Crippen LogP contribution < -0.4 is 5.32 Å². The molecule has 1 amide bonds. The Bertz CT molecular complexity index is 551. The average Bonchev–Trinajstić information content (AvgIpc) is 2.84. The van der Waals surface area contributed by atoms with Gasteiger partial charge in [-0.05, 0) is 13.8 Å². The molecule has 2 N–H and O–H groups in total. The van der Waals surface area contributed by atoms with Gasteiger partial charge < -0.3 is 10.3 Å². The number of nitrogens with one attached hydrogen (secondary N) is 2. The summed E-state index contributed by atoms with van der Waals surface area (Å²) >= 11 is 0. The first-order valence-electron chi connectivity index (χ1n) is 6.64. The quantitative estimate of drug-likeness (QED) is 0.767. The summed E-state index contributed by atoms with van der Waals surface area (Å²) in [4.78, 5) is 18.5. The van der Waals surface area contributed by atoms with Crippen LogP contribution in [0.1, 0.15) is 33.5 Å². The molecular weight excluding hydrogens is 280 g/mol. The molecule has 0 atom stereocenters. The molecule has 0 aliphatic heterocycles. The van der Waals surface area contributed by atoms with Crippen molar-refractivity contribution in [2.75, 3.05) is 13.1 Å². The SMILES string of the molecule is CCc1ncc(S(=O)(=O)N(CC)CC(=O)NC(C)C)[nH]1. The summed E-state index contributed by atoms with van der Waals surface area (Å²) in [7, 11) is -3.72. The summed E-state index contributed by atoms with van der Waals surface area (Å²) in [5.41, 5.74) is 0. The van der Waals surface area contributed by atoms with E-state index in [2.05, 4.69) is 15.3 Å². The van der Waals surface area contributed by atoms with Gasteiger partial charge in [-0.25, -0.2) is 13.4 Å². The van der Waals surface area contributed by atoms with Gasteiger partial charge in [0.1, 0.15) is 5.82 Å². The molecule has 1 rings (SSSR count). The van der Waals surface area contributed by atoms with Crippen LogP contribution in [-0.2, 0) is 21.2 Å². The number of hydrogen-bond donors (Lipinski definition) is 2. The first-order valence-corrected chi connectivity index (χ1v) is 8.08. The van der Waals surface area contributed by atoms with Crippen LogP contribution in [0.2, 0.25) is 0 Å². The standard InChI is InChI=1S/C12H22N4O3S/c1-5-10-13-7-12(15-10)20(18,19)16(6-2)8-11(17)14-9(3)4/h7,9H,5-6,8H2,1-4H3,(H,13,15)(H,14,17). The molecule has 0 bridgehead atoms. The molecular formula is C12H22N4O3S. The maximum Gasteiger partial charge on any atom is 0.260 e. The number of aryl methyl sites for hydroxylation is 1. The molecule has 1 heterocycles. The zero-order valence-corrected chi connectivity index (χ0v) is 13.1. The number of imidazole rings is 1. The lowest BCUT2D eigenvalue weighted by atomic mass is 10.4. The number of hydrogen-bond acceptors (Lipinski definition) is 4. The first kappa shape index (κ1) is 16.6. The fraction of sp³-hybridized carbons (Fsp3) is 0.667. The Labute approximate surface area is 119 Å². The van der Waals surface area contributed by atoms with E-state index in [1.54, 1.807) is 6.92 Å². The molecule has 0 radical (unpaired) electrons. The number of carbonyl (C=O) groups excluding carboxylic acids is 1. The van der Waals surface area contributed by atoms with E-state index >= 15 is 0 Å². The second kappa shape index (κ2) is 6.85. The number of carbonyl (C=O) groups is 1. The lowest BCUT2D eigenvalue weighted by Crippen LogP contribution is -2.42. The molecule has 0 aliphatic carbocycles. The Hall–Kier alpha value is -1.41. The highest BCUT2D eigenvalue weighted by atomic mass is 32.2. The van der Waals surface area contributed by atoms with Crippen molar-refractivity contribution >= 4 is 15.9 Å². The molecule has 114 valence electrons. The third-order valence-corrected chi connectivity index (χ3v) is 4.51. The molecule has 0 saturated carbocycles. The van der Waals surface area contributed by atoms with E-state index in [9.17, 15) is 13.2 Å². The fourth-order valence-electron chi connectivity index (χ4n) is 1.69. The van der Waals surface area contributed by atoms with Crippen molar-refractivity contribution in [3.05, 3.63) is 12.0 Å². The third-order valence-electron chi connectivity index (χ3n) is 2.68. The molecule has 20 heavy (non-hydrogen) atoms. The monoisotopic (exact) mass is 302 g/mol. The molecule has 8 heteroatoms. The van der Waals surface area contributed by atoms with E-state index in [-0.39, 0.29) is 30.1 Å². The number of nitrogens with zero attached hydrogens (tertiary/aromatic N) is 2. The summed E-state index contributed by atoms with van der Waals surface area (Å²) in [5, 5.41) is 2.70. The normalized spacial score (nSPS) is 12.1. The Morgan fingerprint density at radius 2 is 2.10 bits per heavy atom. The van der Waals surface area contributed by atoms with E-state index < -0.39 is 10.0 Å². The highest BCUT2D eigenvalue weighted by Crippen LogP contribution is 2.13. The summed E-state index contributed by atoms with van der Waals surface area (Å²) < 4.78 is 25.9. The number of aromatic nitrogens is 2. The van der Waals surface area contributed by atoms with Crippen LogP contribution >= 0.6 is 0 Å². The van der Waals surface area contributed by atoms with Crippen molar-refractivity contribution in [3.63, 3.8) is 0 Å². The van der Waals surface area contributed by atoms with Gasteiger partial charge in [-0.1, -0.05) is 13.8 Å². The molecule has 0 unspecified atom stereocenters. The molecule has 0 saturated heterocycles. The molecule has 1 aromatic heterocycles. The minimum Gasteiger partial charge on any atom is -0.353 e. The molecule has 1 aromatic rings. The Morgan fingerprint density at radius 1 is 1.45 bits per heavy atom. The number of amides is 1. The van der Waals surface area contributed by atoms with Gasteiger partial charge >= 0.3 is 0 Å². The number of aromatic amines is 1. The zero-order valence-electron chi connectivity index (χ0n) is 12.3. The fourth-order valence-corrected chi connectivity index (χ4v) is 3.03. The molecule has 0 aliphatic rings. The Morgan fingerprint density at radius 3 is 2.55 bits per heavy atom. The first-order chi connectivity index (χ1) is 9.31. The van der Waals surface area contributed by atoms with Crippen LogP contribution in [0, 0.1) is 0 Å². The van der Waals surface area contributed by atoms with Crippen molar-refractivity contribution in [1.82, 2.24) is 19.6 Å². The number of rotatable bonds is 7. The number of likely N-dealkylation sites (N-methyl/N-ethyl adjacent to an activating group) is 1. The van der Waals surface area contributed by atoms with E-state index in [1.165, 1.54) is 6.20 Å². The number of H-pyrrole nitrogens is 1. The van der Waals surface area contributed by atoms with Gasteiger partial charge in [-0.2, -0.15) is 4.31 Å². The maximum absolute atomic E-state index is 12.4. The van der Waals surface area contributed by atoms with Gasteiger partial charge in [0.25, 0.3) is 10.0 Å². The Balaban J connectivity index is 2.89. The van der Waals surface area contributed by atoms with E-state index in [0.29, 0.717) is 12.2 Å². The van der Waals surface area contributed by atoms with Crippen LogP contribution in [0.25, 0.3) is 0 Å². The highest BCUT2D eigenvalue weighted by molar-refractivity contribution is 7.89. The zero-order chi connectivity index (χ0) is 15.3. The van der Waals surface area contributed by atoms with E-state index in [0.717, 1.165) is 4.31 Å². The van der Waals surface area contributed by atoms with Crippen molar-refractivity contribution in [3.8, 4) is 0 Å². The predicted octanol–water partition coefficient (Wildman–Crippen LogP) is 0.507. The van der Waals surface area contributed by atoms with Crippen molar-refractivity contribution in [2.45, 2.75) is 45.2 Å². The van der Waals surface area contributed by atoms with Crippen LogP contribution in [0.4, 0.5) is 0 Å². The lowest BCUT2D eigenvalue weighted by Gasteiger charge is -2.19. The summed E-state index contributed by atoms with van der Waals surface area (Å²) in [5.74, 6) is 0.284. The highest BCUT2D eigenvalue weighted by Gasteiger charge is 2.27. The van der Waals surface area contributed by atoms with Gasteiger partial charge in [0.2, 0.25) is 5.91 Å². The number of sulfonamides is 1. The summed E-state index contributed by atoms with van der Waals surface area (Å²) in [6.07, 6.45) is 1.91. The average molecular weight is 302 g/mol. The molecule has 7 nitrogen and oxygen atoms in total. The molecule has 0 fully saturated rings.